The summed E-state index contributed by atoms with van der Waals surface area (Å²) in [4.78, 5) is 13.8. The maximum absolute atomic E-state index is 13.8. The number of nitrogens with zero attached hydrogens (tertiary/aromatic N) is 2. The average Bonchev–Trinajstić information content (AvgIpc) is 3.34. The Hall–Kier alpha value is -4.15. The van der Waals surface area contributed by atoms with E-state index in [1.807, 2.05) is 116 Å². The minimum absolute atomic E-state index is 0.227. The molecule has 0 atom stereocenters. The quantitative estimate of drug-likeness (QED) is 0.285. The van der Waals surface area contributed by atoms with E-state index in [1.54, 1.807) is 10.7 Å². The molecular formula is C30H24ClN3O. The normalized spacial score (nSPS) is 10.9. The van der Waals surface area contributed by atoms with Crippen molar-refractivity contribution < 1.29 is 4.79 Å². The maximum atomic E-state index is 13.8. The van der Waals surface area contributed by atoms with Crippen molar-refractivity contribution in [2.75, 3.05) is 0 Å². The van der Waals surface area contributed by atoms with Crippen molar-refractivity contribution in [3.63, 3.8) is 0 Å². The average molecular weight is 478 g/mol. The third-order valence-electron chi connectivity index (χ3n) is 5.88. The van der Waals surface area contributed by atoms with Gasteiger partial charge in [0, 0.05) is 5.56 Å². The van der Waals surface area contributed by atoms with Gasteiger partial charge in [0.2, 0.25) is 0 Å². The van der Waals surface area contributed by atoms with E-state index < -0.39 is 0 Å². The summed E-state index contributed by atoms with van der Waals surface area (Å²) in [5, 5.41) is 8.62. The summed E-state index contributed by atoms with van der Waals surface area (Å²) in [5.41, 5.74) is 5.73. The highest BCUT2D eigenvalue weighted by Gasteiger charge is 2.23. The van der Waals surface area contributed by atoms with Crippen LogP contribution in [0.5, 0.6) is 0 Å². The zero-order chi connectivity index (χ0) is 24.2. The van der Waals surface area contributed by atoms with Crippen molar-refractivity contribution in [1.29, 1.82) is 0 Å². The standard InChI is InChI=1S/C30H24ClN3O/c1-21-11-10-16-24(19-21)34-28(20-27(33-34)25-17-8-9-18-26(25)31)30(35)32-29(22-12-4-2-5-13-22)23-14-6-3-7-15-23/h2-20,29H,1H3,(H,32,35). The van der Waals surface area contributed by atoms with Gasteiger partial charge in [0.05, 0.1) is 22.4 Å². The van der Waals surface area contributed by atoms with E-state index >= 15 is 0 Å². The molecule has 172 valence electrons. The first-order valence-electron chi connectivity index (χ1n) is 11.4. The second-order valence-corrected chi connectivity index (χ2v) is 8.78. The Labute approximate surface area is 209 Å². The van der Waals surface area contributed by atoms with Crippen molar-refractivity contribution >= 4 is 17.5 Å². The Morgan fingerprint density at radius 2 is 1.43 bits per heavy atom. The molecule has 0 unspecified atom stereocenters. The minimum Gasteiger partial charge on any atom is -0.340 e. The van der Waals surface area contributed by atoms with Crippen LogP contribution in [0.1, 0.15) is 33.2 Å². The predicted molar refractivity (Wildman–Crippen MR) is 141 cm³/mol. The number of hydrogen-bond donors (Lipinski definition) is 1. The SMILES string of the molecule is Cc1cccc(-n2nc(-c3ccccc3Cl)cc2C(=O)NC(c2ccccc2)c2ccccc2)c1. The number of carbonyl (C=O) groups is 1. The fourth-order valence-corrected chi connectivity index (χ4v) is 4.39. The number of amides is 1. The van der Waals surface area contributed by atoms with Crippen LogP contribution in [0.4, 0.5) is 0 Å². The molecule has 5 rings (SSSR count). The van der Waals surface area contributed by atoms with Gasteiger partial charge in [-0.25, -0.2) is 4.68 Å². The van der Waals surface area contributed by atoms with Gasteiger partial charge in [-0.2, -0.15) is 5.10 Å². The first-order chi connectivity index (χ1) is 17.1. The predicted octanol–water partition coefficient (Wildman–Crippen LogP) is 7.02. The van der Waals surface area contributed by atoms with Crippen molar-refractivity contribution in [3.8, 4) is 16.9 Å². The molecule has 1 N–H and O–H groups in total. The fourth-order valence-electron chi connectivity index (χ4n) is 4.16. The molecule has 1 aromatic heterocycles. The van der Waals surface area contributed by atoms with Crippen LogP contribution in [-0.4, -0.2) is 15.7 Å². The largest absolute Gasteiger partial charge is 0.340 e. The van der Waals surface area contributed by atoms with Crippen LogP contribution in [0.2, 0.25) is 5.02 Å². The molecule has 0 fully saturated rings. The second-order valence-electron chi connectivity index (χ2n) is 8.37. The van der Waals surface area contributed by atoms with E-state index in [4.69, 9.17) is 16.7 Å². The minimum atomic E-state index is -0.311. The number of carbonyl (C=O) groups excluding carboxylic acids is 1. The molecule has 5 heteroatoms. The fraction of sp³-hybridized carbons (Fsp3) is 0.0667. The molecule has 0 aliphatic rings. The molecular weight excluding hydrogens is 454 g/mol. The highest BCUT2D eigenvalue weighted by molar-refractivity contribution is 6.33. The Bertz CT molecular complexity index is 1420. The number of hydrogen-bond acceptors (Lipinski definition) is 2. The molecule has 0 aliphatic carbocycles. The molecule has 5 aromatic rings. The molecule has 1 amide bonds. The monoisotopic (exact) mass is 477 g/mol. The molecule has 0 radical (unpaired) electrons. The maximum Gasteiger partial charge on any atom is 0.270 e. The van der Waals surface area contributed by atoms with Crippen LogP contribution in [0, 0.1) is 6.92 Å². The number of rotatable bonds is 6. The van der Waals surface area contributed by atoms with Gasteiger partial charge < -0.3 is 5.32 Å². The lowest BCUT2D eigenvalue weighted by Crippen LogP contribution is -2.31. The molecule has 35 heavy (non-hydrogen) atoms. The number of halogens is 1. The molecule has 4 aromatic carbocycles. The second kappa shape index (κ2) is 10.00. The summed E-state index contributed by atoms with van der Waals surface area (Å²) >= 11 is 6.47. The van der Waals surface area contributed by atoms with E-state index in [9.17, 15) is 4.79 Å². The lowest BCUT2D eigenvalue weighted by Gasteiger charge is -2.20. The smallest absolute Gasteiger partial charge is 0.270 e. The van der Waals surface area contributed by atoms with Gasteiger partial charge in [-0.05, 0) is 47.9 Å². The third kappa shape index (κ3) is 4.88. The lowest BCUT2D eigenvalue weighted by atomic mass is 9.98. The van der Waals surface area contributed by atoms with Gasteiger partial charge in [-0.1, -0.05) is 103 Å². The van der Waals surface area contributed by atoms with Crippen LogP contribution in [0.25, 0.3) is 16.9 Å². The Balaban J connectivity index is 1.59. The molecule has 1 heterocycles. The van der Waals surface area contributed by atoms with Crippen molar-refractivity contribution in [3.05, 3.63) is 143 Å². The Morgan fingerprint density at radius 1 is 0.800 bits per heavy atom. The summed E-state index contributed by atoms with van der Waals surface area (Å²) in [7, 11) is 0. The summed E-state index contributed by atoms with van der Waals surface area (Å²) < 4.78 is 1.69. The number of aryl methyl sites for hydroxylation is 1. The molecule has 0 saturated heterocycles. The molecule has 4 nitrogen and oxygen atoms in total. The first kappa shape index (κ1) is 22.6. The van der Waals surface area contributed by atoms with Gasteiger partial charge >= 0.3 is 0 Å². The molecule has 0 bridgehead atoms. The van der Waals surface area contributed by atoms with Crippen LogP contribution in [-0.2, 0) is 0 Å². The van der Waals surface area contributed by atoms with Crippen LogP contribution in [0.15, 0.2) is 115 Å². The van der Waals surface area contributed by atoms with Crippen molar-refractivity contribution in [2.24, 2.45) is 0 Å². The number of aromatic nitrogens is 2. The zero-order valence-corrected chi connectivity index (χ0v) is 20.0. The summed E-state index contributed by atoms with van der Waals surface area (Å²) in [6.45, 7) is 2.02. The lowest BCUT2D eigenvalue weighted by molar-refractivity contribution is 0.0935. The molecule has 0 spiro atoms. The van der Waals surface area contributed by atoms with Crippen LogP contribution >= 0.6 is 11.6 Å². The van der Waals surface area contributed by atoms with Crippen molar-refractivity contribution in [2.45, 2.75) is 13.0 Å². The summed E-state index contributed by atoms with van der Waals surface area (Å²) in [5.74, 6) is -0.227. The zero-order valence-electron chi connectivity index (χ0n) is 19.2. The number of benzene rings is 4. The van der Waals surface area contributed by atoms with Crippen molar-refractivity contribution in [1.82, 2.24) is 15.1 Å². The highest BCUT2D eigenvalue weighted by Crippen LogP contribution is 2.29. The van der Waals surface area contributed by atoms with Gasteiger partial charge in [0.15, 0.2) is 0 Å². The van der Waals surface area contributed by atoms with E-state index in [0.717, 1.165) is 27.9 Å². The Morgan fingerprint density at radius 3 is 2.06 bits per heavy atom. The molecule has 0 saturated carbocycles. The Kier molecular flexibility index (Phi) is 6.47. The van der Waals surface area contributed by atoms with E-state index in [2.05, 4.69) is 5.32 Å². The van der Waals surface area contributed by atoms with Gasteiger partial charge in [-0.15, -0.1) is 0 Å². The third-order valence-corrected chi connectivity index (χ3v) is 6.21. The molecule has 0 aliphatic heterocycles. The van der Waals surface area contributed by atoms with E-state index in [1.165, 1.54) is 0 Å². The van der Waals surface area contributed by atoms with E-state index in [0.29, 0.717) is 16.4 Å². The van der Waals surface area contributed by atoms with Gasteiger partial charge in [0.25, 0.3) is 5.91 Å². The van der Waals surface area contributed by atoms with Crippen LogP contribution in [0.3, 0.4) is 0 Å². The van der Waals surface area contributed by atoms with Crippen LogP contribution < -0.4 is 5.32 Å². The first-order valence-corrected chi connectivity index (χ1v) is 11.8. The van der Waals surface area contributed by atoms with Gasteiger partial charge in [0.1, 0.15) is 5.69 Å². The highest BCUT2D eigenvalue weighted by atomic mass is 35.5. The van der Waals surface area contributed by atoms with E-state index in [-0.39, 0.29) is 11.9 Å². The van der Waals surface area contributed by atoms with Gasteiger partial charge in [-0.3, -0.25) is 4.79 Å². The summed E-state index contributed by atoms with van der Waals surface area (Å²) in [6, 6.07) is 36.8. The summed E-state index contributed by atoms with van der Waals surface area (Å²) in [6.07, 6.45) is 0. The topological polar surface area (TPSA) is 46.9 Å². The number of nitrogens with one attached hydrogen (secondary N) is 1.